The Morgan fingerprint density at radius 2 is 0.426 bits per heavy atom. The fraction of sp³-hybridized carbons (Fsp3) is 0.382. The van der Waals surface area contributed by atoms with E-state index in [-0.39, 0.29) is 0 Å². The summed E-state index contributed by atoms with van der Waals surface area (Å²) in [6.07, 6.45) is 15.9. The number of hydrogen-bond donors (Lipinski definition) is 0. The van der Waals surface area contributed by atoms with E-state index in [0.717, 1.165) is 0 Å². The highest BCUT2D eigenvalue weighted by atomic mass is 14.2. The second kappa shape index (κ2) is 26.3. The van der Waals surface area contributed by atoms with Crippen LogP contribution in [-0.4, -0.2) is 0 Å². The van der Waals surface area contributed by atoms with E-state index in [9.17, 15) is 0 Å². The van der Waals surface area contributed by atoms with Crippen LogP contribution in [0.15, 0.2) is 121 Å². The van der Waals surface area contributed by atoms with Crippen LogP contribution in [0, 0.1) is 55.4 Å². The van der Waals surface area contributed by atoms with E-state index in [4.69, 9.17) is 0 Å². The zero-order chi connectivity index (χ0) is 49.3. The van der Waals surface area contributed by atoms with Gasteiger partial charge in [0, 0.05) is 0 Å². The quantitative estimate of drug-likeness (QED) is 0.133. The minimum atomic E-state index is 1.30. The Bertz CT molecular complexity index is 2570. The number of hydrogen-bond acceptors (Lipinski definition) is 0. The van der Waals surface area contributed by atoms with Gasteiger partial charge in [-0.25, -0.2) is 0 Å². The van der Waals surface area contributed by atoms with Gasteiger partial charge < -0.3 is 0 Å². The molecule has 8 aromatic carbocycles. The molecule has 358 valence electrons. The summed E-state index contributed by atoms with van der Waals surface area (Å²) in [6, 6.07) is 45.5. The van der Waals surface area contributed by atoms with Crippen molar-refractivity contribution in [2.24, 2.45) is 0 Å². The lowest BCUT2D eigenvalue weighted by Crippen LogP contribution is -1.88. The average Bonchev–Trinajstić information content (AvgIpc) is 4.21. The lowest BCUT2D eigenvalue weighted by Gasteiger charge is -2.13. The molecule has 68 heavy (non-hydrogen) atoms. The van der Waals surface area contributed by atoms with Crippen LogP contribution < -0.4 is 0 Å². The van der Waals surface area contributed by atoms with Crippen LogP contribution in [0.1, 0.15) is 156 Å². The first-order chi connectivity index (χ1) is 33.0. The minimum Gasteiger partial charge on any atom is -0.0683 e. The third-order valence-electron chi connectivity index (χ3n) is 13.8. The SMILES string of the molecule is CC.CC.CC.Cc1ccc2c(c1)CCC2.Cc1ccc2c(c1)CCC2.Cc1ccc2c(c1)CCC2.Cc1ccc2c(c1)CCC2.Cc1ccc2c(c1)c(C)cc1c3ccc(C)cc3c(C)cc21. The summed E-state index contributed by atoms with van der Waals surface area (Å²) in [6.45, 7) is 29.4. The molecule has 0 radical (unpaired) electrons. The molecule has 0 fully saturated rings. The molecule has 0 amide bonds. The van der Waals surface area contributed by atoms with Gasteiger partial charge in [-0.2, -0.15) is 0 Å². The van der Waals surface area contributed by atoms with Crippen LogP contribution in [-0.2, 0) is 51.4 Å². The van der Waals surface area contributed by atoms with Gasteiger partial charge in [-0.15, -0.1) is 0 Å². The molecule has 0 saturated carbocycles. The molecule has 0 N–H and O–H groups in total. The van der Waals surface area contributed by atoms with Gasteiger partial charge in [-0.05, 0) is 220 Å². The summed E-state index contributed by atoms with van der Waals surface area (Å²) >= 11 is 0. The first-order valence-electron chi connectivity index (χ1n) is 26.7. The highest BCUT2D eigenvalue weighted by Gasteiger charge is 2.13. The minimum absolute atomic E-state index is 1.30. The van der Waals surface area contributed by atoms with Gasteiger partial charge in [-0.1, -0.05) is 196 Å². The van der Waals surface area contributed by atoms with E-state index in [0.29, 0.717) is 0 Å². The molecule has 0 saturated heterocycles. The van der Waals surface area contributed by atoms with Crippen molar-refractivity contribution in [3.63, 3.8) is 0 Å². The Kier molecular flexibility index (Phi) is 20.7. The normalized spacial score (nSPS) is 13.0. The highest BCUT2D eigenvalue weighted by molar-refractivity contribution is 6.19. The Labute approximate surface area is 414 Å². The molecular formula is C68H86. The largest absolute Gasteiger partial charge is 0.0683 e. The fourth-order valence-corrected chi connectivity index (χ4v) is 10.4. The van der Waals surface area contributed by atoms with Gasteiger partial charge in [0.2, 0.25) is 0 Å². The standard InChI is InChI=1S/C22H20.4C10H12.3C2H6/c1-13-5-7-17-19(9-13)15(3)11-22-18-8-6-14(2)10-20(18)16(4)12-21(17)22;4*1-8-5-6-9-3-2-4-10(9)7-8;3*1-2/h5-12H,1-4H3;4*5-7H,2-4H2,1H3;3*1-2H3. The molecule has 0 spiro atoms. The van der Waals surface area contributed by atoms with E-state index >= 15 is 0 Å². The lowest BCUT2D eigenvalue weighted by atomic mass is 9.91. The average molecular weight is 903 g/mol. The molecule has 0 nitrogen and oxygen atoms in total. The summed E-state index contributed by atoms with van der Waals surface area (Å²) in [5.41, 5.74) is 23.6. The van der Waals surface area contributed by atoms with Crippen LogP contribution in [0.4, 0.5) is 0 Å². The monoisotopic (exact) mass is 903 g/mol. The first kappa shape index (κ1) is 53.5. The van der Waals surface area contributed by atoms with Crippen molar-refractivity contribution in [3.05, 3.63) is 210 Å². The molecule has 0 atom stereocenters. The van der Waals surface area contributed by atoms with Crippen LogP contribution in [0.3, 0.4) is 0 Å². The third-order valence-corrected chi connectivity index (χ3v) is 13.8. The molecular weight excluding hydrogens is 817 g/mol. The van der Waals surface area contributed by atoms with Crippen molar-refractivity contribution in [1.29, 1.82) is 0 Å². The number of aryl methyl sites for hydroxylation is 16. The van der Waals surface area contributed by atoms with Gasteiger partial charge in [0.1, 0.15) is 0 Å². The summed E-state index contributed by atoms with van der Waals surface area (Å²) in [5, 5.41) is 8.22. The first-order valence-corrected chi connectivity index (χ1v) is 26.7. The van der Waals surface area contributed by atoms with Crippen molar-refractivity contribution in [2.75, 3.05) is 0 Å². The van der Waals surface area contributed by atoms with Crippen molar-refractivity contribution in [2.45, 2.75) is 174 Å². The van der Waals surface area contributed by atoms with E-state index < -0.39 is 0 Å². The van der Waals surface area contributed by atoms with Crippen molar-refractivity contribution < 1.29 is 0 Å². The maximum Gasteiger partial charge on any atom is -0.00961 e. The maximum atomic E-state index is 2.36. The summed E-state index contributed by atoms with van der Waals surface area (Å²) < 4.78 is 0. The molecule has 4 aliphatic carbocycles. The number of fused-ring (bicyclic) bond motifs is 9. The molecule has 0 bridgehead atoms. The van der Waals surface area contributed by atoms with Gasteiger partial charge in [0.25, 0.3) is 0 Å². The van der Waals surface area contributed by atoms with Crippen molar-refractivity contribution in [3.8, 4) is 0 Å². The molecule has 0 aliphatic heterocycles. The molecule has 0 unspecified atom stereocenters. The summed E-state index contributed by atoms with van der Waals surface area (Å²) in [7, 11) is 0. The van der Waals surface area contributed by atoms with Crippen molar-refractivity contribution >= 4 is 32.3 Å². The predicted octanol–water partition coefficient (Wildman–Crippen LogP) is 19.4. The number of rotatable bonds is 0. The van der Waals surface area contributed by atoms with Crippen molar-refractivity contribution in [1.82, 2.24) is 0 Å². The van der Waals surface area contributed by atoms with E-state index in [2.05, 4.69) is 177 Å². The smallest absolute Gasteiger partial charge is 0.00961 e. The molecule has 12 rings (SSSR count). The van der Waals surface area contributed by atoms with E-state index in [1.165, 1.54) is 154 Å². The van der Waals surface area contributed by atoms with Crippen LogP contribution in [0.25, 0.3) is 32.3 Å². The molecule has 4 aliphatic rings. The van der Waals surface area contributed by atoms with Crippen LogP contribution in [0.5, 0.6) is 0 Å². The second-order valence-electron chi connectivity index (χ2n) is 19.1. The van der Waals surface area contributed by atoms with E-state index in [1.54, 1.807) is 44.5 Å². The highest BCUT2D eigenvalue weighted by Crippen LogP contribution is 2.36. The zero-order valence-corrected chi connectivity index (χ0v) is 45.0. The second-order valence-corrected chi connectivity index (χ2v) is 19.1. The van der Waals surface area contributed by atoms with E-state index in [1.807, 2.05) is 41.5 Å². The molecule has 0 heteroatoms. The van der Waals surface area contributed by atoms with Gasteiger partial charge >= 0.3 is 0 Å². The molecule has 8 aromatic rings. The van der Waals surface area contributed by atoms with Crippen LogP contribution in [0.2, 0.25) is 0 Å². The predicted molar refractivity (Wildman–Crippen MR) is 305 cm³/mol. The Hall–Kier alpha value is -5.46. The van der Waals surface area contributed by atoms with Crippen LogP contribution >= 0.6 is 0 Å². The Balaban J connectivity index is 0.000000162. The summed E-state index contributed by atoms with van der Waals surface area (Å²) in [5.74, 6) is 0. The maximum absolute atomic E-state index is 2.36. The Morgan fingerprint density at radius 3 is 0.691 bits per heavy atom. The van der Waals surface area contributed by atoms with Gasteiger partial charge in [0.15, 0.2) is 0 Å². The Morgan fingerprint density at radius 1 is 0.206 bits per heavy atom. The topological polar surface area (TPSA) is 0 Å². The fourth-order valence-electron chi connectivity index (χ4n) is 10.4. The number of benzene rings is 8. The zero-order valence-electron chi connectivity index (χ0n) is 45.0. The molecule has 0 heterocycles. The third kappa shape index (κ3) is 13.8. The van der Waals surface area contributed by atoms with Gasteiger partial charge in [0.05, 0.1) is 0 Å². The summed E-state index contributed by atoms with van der Waals surface area (Å²) in [4.78, 5) is 0. The molecule has 0 aromatic heterocycles. The lowest BCUT2D eigenvalue weighted by molar-refractivity contribution is 0.911. The van der Waals surface area contributed by atoms with Gasteiger partial charge in [-0.3, -0.25) is 0 Å².